The molecular formula is C15H14N2S2. The fourth-order valence-corrected chi connectivity index (χ4v) is 3.29. The highest BCUT2D eigenvalue weighted by atomic mass is 32.2. The third-order valence-corrected chi connectivity index (χ3v) is 4.39. The Kier molecular flexibility index (Phi) is 3.71. The van der Waals surface area contributed by atoms with Gasteiger partial charge in [0.1, 0.15) is 5.82 Å². The Morgan fingerprint density at radius 3 is 3.00 bits per heavy atom. The number of benzene rings is 1. The number of nitrogens with zero attached hydrogens (tertiary/aromatic N) is 1. The zero-order chi connectivity index (χ0) is 13.1. The lowest BCUT2D eigenvalue weighted by Crippen LogP contribution is -1.80. The molecule has 0 radical (unpaired) electrons. The van der Waals surface area contributed by atoms with E-state index < -0.39 is 0 Å². The summed E-state index contributed by atoms with van der Waals surface area (Å²) in [6.45, 7) is 2.17. The van der Waals surface area contributed by atoms with E-state index in [2.05, 4.69) is 58.0 Å². The SMILES string of the molecule is CCSc1cccc(-c2cnc(-c3ccsc3)[nH]2)c1. The summed E-state index contributed by atoms with van der Waals surface area (Å²) in [5, 5.41) is 4.17. The molecule has 4 heteroatoms. The topological polar surface area (TPSA) is 28.7 Å². The van der Waals surface area contributed by atoms with Crippen molar-refractivity contribution in [3.05, 3.63) is 47.3 Å². The number of aromatic nitrogens is 2. The molecule has 0 aliphatic rings. The van der Waals surface area contributed by atoms with Crippen LogP contribution in [0.25, 0.3) is 22.6 Å². The second-order valence-electron chi connectivity index (χ2n) is 4.12. The number of hydrogen-bond donors (Lipinski definition) is 1. The van der Waals surface area contributed by atoms with Crippen molar-refractivity contribution in [2.45, 2.75) is 11.8 Å². The van der Waals surface area contributed by atoms with Crippen molar-refractivity contribution >= 4 is 23.1 Å². The highest BCUT2D eigenvalue weighted by Crippen LogP contribution is 2.27. The number of rotatable bonds is 4. The fourth-order valence-electron chi connectivity index (χ4n) is 1.93. The summed E-state index contributed by atoms with van der Waals surface area (Å²) in [7, 11) is 0. The molecule has 0 unspecified atom stereocenters. The first kappa shape index (κ1) is 12.5. The van der Waals surface area contributed by atoms with Gasteiger partial charge in [0.2, 0.25) is 0 Å². The van der Waals surface area contributed by atoms with Crippen LogP contribution in [0.1, 0.15) is 6.92 Å². The zero-order valence-corrected chi connectivity index (χ0v) is 12.2. The van der Waals surface area contributed by atoms with Gasteiger partial charge < -0.3 is 4.98 Å². The van der Waals surface area contributed by atoms with Crippen molar-refractivity contribution in [2.75, 3.05) is 5.75 Å². The maximum absolute atomic E-state index is 4.46. The van der Waals surface area contributed by atoms with Gasteiger partial charge in [0.25, 0.3) is 0 Å². The lowest BCUT2D eigenvalue weighted by molar-refractivity contribution is 1.31. The maximum atomic E-state index is 4.46. The third-order valence-electron chi connectivity index (χ3n) is 2.83. The Morgan fingerprint density at radius 2 is 2.21 bits per heavy atom. The molecule has 96 valence electrons. The number of hydrogen-bond acceptors (Lipinski definition) is 3. The number of nitrogens with one attached hydrogen (secondary N) is 1. The molecule has 2 heterocycles. The zero-order valence-electron chi connectivity index (χ0n) is 10.6. The molecule has 3 rings (SSSR count). The van der Waals surface area contributed by atoms with Crippen LogP contribution < -0.4 is 0 Å². The molecule has 0 amide bonds. The van der Waals surface area contributed by atoms with Crippen molar-refractivity contribution in [1.82, 2.24) is 9.97 Å². The van der Waals surface area contributed by atoms with E-state index >= 15 is 0 Å². The highest BCUT2D eigenvalue weighted by molar-refractivity contribution is 7.99. The molecule has 0 aliphatic carbocycles. The average Bonchev–Trinajstić information content (AvgIpc) is 3.11. The van der Waals surface area contributed by atoms with Gasteiger partial charge in [-0.3, -0.25) is 0 Å². The van der Waals surface area contributed by atoms with Crippen LogP contribution in [-0.2, 0) is 0 Å². The summed E-state index contributed by atoms with van der Waals surface area (Å²) in [5.74, 6) is 2.02. The van der Waals surface area contributed by atoms with Crippen LogP contribution in [0, 0.1) is 0 Å². The molecule has 2 aromatic heterocycles. The molecule has 3 aromatic rings. The van der Waals surface area contributed by atoms with E-state index in [1.165, 1.54) is 10.5 Å². The average molecular weight is 286 g/mol. The molecule has 0 bridgehead atoms. The van der Waals surface area contributed by atoms with Gasteiger partial charge in [0.05, 0.1) is 11.9 Å². The summed E-state index contributed by atoms with van der Waals surface area (Å²) in [6, 6.07) is 10.6. The van der Waals surface area contributed by atoms with Gasteiger partial charge in [0.15, 0.2) is 0 Å². The number of H-pyrrole nitrogens is 1. The third kappa shape index (κ3) is 2.74. The minimum Gasteiger partial charge on any atom is -0.338 e. The van der Waals surface area contributed by atoms with Gasteiger partial charge in [-0.1, -0.05) is 19.1 Å². The van der Waals surface area contributed by atoms with Crippen LogP contribution in [0.4, 0.5) is 0 Å². The summed E-state index contributed by atoms with van der Waals surface area (Å²) in [5.41, 5.74) is 3.41. The summed E-state index contributed by atoms with van der Waals surface area (Å²) < 4.78 is 0. The van der Waals surface area contributed by atoms with Gasteiger partial charge in [-0.15, -0.1) is 11.8 Å². The quantitative estimate of drug-likeness (QED) is 0.690. The van der Waals surface area contributed by atoms with E-state index in [0.717, 1.165) is 22.8 Å². The predicted molar refractivity (Wildman–Crippen MR) is 83.7 cm³/mol. The van der Waals surface area contributed by atoms with E-state index in [9.17, 15) is 0 Å². The van der Waals surface area contributed by atoms with Crippen molar-refractivity contribution in [3.63, 3.8) is 0 Å². The Bertz CT molecular complexity index is 656. The molecule has 0 atom stereocenters. The first-order chi connectivity index (χ1) is 9.36. The van der Waals surface area contributed by atoms with Crippen LogP contribution in [0.15, 0.2) is 52.2 Å². The van der Waals surface area contributed by atoms with Gasteiger partial charge in [-0.2, -0.15) is 11.3 Å². The minimum atomic E-state index is 0.935. The molecule has 1 aromatic carbocycles. The van der Waals surface area contributed by atoms with Gasteiger partial charge in [-0.05, 0) is 29.3 Å². The van der Waals surface area contributed by atoms with Crippen LogP contribution >= 0.6 is 23.1 Å². The monoisotopic (exact) mass is 286 g/mol. The van der Waals surface area contributed by atoms with E-state index in [0.29, 0.717) is 0 Å². The number of thiophene rings is 1. The first-order valence-electron chi connectivity index (χ1n) is 6.17. The Labute approximate surface area is 120 Å². The maximum Gasteiger partial charge on any atom is 0.138 e. The lowest BCUT2D eigenvalue weighted by Gasteiger charge is -2.01. The van der Waals surface area contributed by atoms with Crippen LogP contribution in [-0.4, -0.2) is 15.7 Å². The predicted octanol–water partition coefficient (Wildman–Crippen LogP) is 4.92. The lowest BCUT2D eigenvalue weighted by atomic mass is 10.2. The largest absolute Gasteiger partial charge is 0.338 e. The van der Waals surface area contributed by atoms with Crippen molar-refractivity contribution in [3.8, 4) is 22.6 Å². The van der Waals surface area contributed by atoms with E-state index in [-0.39, 0.29) is 0 Å². The number of aromatic amines is 1. The number of thioether (sulfide) groups is 1. The molecule has 1 N–H and O–H groups in total. The van der Waals surface area contributed by atoms with Gasteiger partial charge in [-0.25, -0.2) is 4.98 Å². The normalized spacial score (nSPS) is 10.8. The molecular weight excluding hydrogens is 272 g/mol. The van der Waals surface area contributed by atoms with E-state index in [4.69, 9.17) is 0 Å². The second-order valence-corrected chi connectivity index (χ2v) is 6.24. The molecule has 0 fully saturated rings. The Morgan fingerprint density at radius 1 is 1.26 bits per heavy atom. The number of imidazole rings is 1. The standard InChI is InChI=1S/C15H14N2S2/c1-2-19-13-5-3-4-11(8-13)14-9-16-15(17-14)12-6-7-18-10-12/h3-10H,2H2,1H3,(H,16,17). The fraction of sp³-hybridized carbons (Fsp3) is 0.133. The van der Waals surface area contributed by atoms with Crippen molar-refractivity contribution in [1.29, 1.82) is 0 Å². The molecule has 0 spiro atoms. The first-order valence-corrected chi connectivity index (χ1v) is 8.10. The van der Waals surface area contributed by atoms with Crippen LogP contribution in [0.2, 0.25) is 0 Å². The minimum absolute atomic E-state index is 0.935. The van der Waals surface area contributed by atoms with Gasteiger partial charge >= 0.3 is 0 Å². The van der Waals surface area contributed by atoms with E-state index in [1.54, 1.807) is 11.3 Å². The summed E-state index contributed by atoms with van der Waals surface area (Å²) in [4.78, 5) is 9.14. The van der Waals surface area contributed by atoms with Gasteiger partial charge in [0, 0.05) is 21.4 Å². The molecule has 0 saturated carbocycles. The van der Waals surface area contributed by atoms with Crippen molar-refractivity contribution < 1.29 is 0 Å². The Hall–Kier alpha value is -1.52. The van der Waals surface area contributed by atoms with Crippen molar-refractivity contribution in [2.24, 2.45) is 0 Å². The molecule has 2 nitrogen and oxygen atoms in total. The molecule has 0 aliphatic heterocycles. The smallest absolute Gasteiger partial charge is 0.138 e. The van der Waals surface area contributed by atoms with Crippen LogP contribution in [0.3, 0.4) is 0 Å². The summed E-state index contributed by atoms with van der Waals surface area (Å²) >= 11 is 3.54. The summed E-state index contributed by atoms with van der Waals surface area (Å²) in [6.07, 6.45) is 1.91. The van der Waals surface area contributed by atoms with E-state index in [1.807, 2.05) is 18.0 Å². The molecule has 19 heavy (non-hydrogen) atoms. The molecule has 0 saturated heterocycles. The second kappa shape index (κ2) is 5.63. The Balaban J connectivity index is 1.92. The highest BCUT2D eigenvalue weighted by Gasteiger charge is 2.06. The van der Waals surface area contributed by atoms with Crippen LogP contribution in [0.5, 0.6) is 0 Å².